The molecular formula is C18H22N2O3S. The third-order valence-corrected chi connectivity index (χ3v) is 4.80. The normalized spacial score (nSPS) is 11.1. The molecule has 0 saturated carbocycles. The van der Waals surface area contributed by atoms with E-state index in [-0.39, 0.29) is 12.5 Å². The predicted molar refractivity (Wildman–Crippen MR) is 97.8 cm³/mol. The third-order valence-electron chi connectivity index (χ3n) is 3.66. The lowest BCUT2D eigenvalue weighted by Gasteiger charge is -2.22. The van der Waals surface area contributed by atoms with Gasteiger partial charge in [0.1, 0.15) is 6.54 Å². The summed E-state index contributed by atoms with van der Waals surface area (Å²) in [4.78, 5) is 12.2. The fourth-order valence-electron chi connectivity index (χ4n) is 2.27. The van der Waals surface area contributed by atoms with Crippen molar-refractivity contribution in [2.75, 3.05) is 22.4 Å². The maximum absolute atomic E-state index is 12.2. The Morgan fingerprint density at radius 3 is 2.12 bits per heavy atom. The smallest absolute Gasteiger partial charge is 0.245 e. The molecule has 6 heteroatoms. The molecular weight excluding hydrogens is 324 g/mol. The minimum absolute atomic E-state index is 0.266. The molecule has 0 aliphatic carbocycles. The average Bonchev–Trinajstić information content (AvgIpc) is 2.53. The van der Waals surface area contributed by atoms with Crippen molar-refractivity contribution in [2.24, 2.45) is 0 Å². The van der Waals surface area contributed by atoms with Crippen molar-refractivity contribution >= 4 is 27.3 Å². The van der Waals surface area contributed by atoms with Crippen LogP contribution in [0.4, 0.5) is 11.4 Å². The Bertz CT molecular complexity index is 797. The van der Waals surface area contributed by atoms with Crippen LogP contribution in [0.1, 0.15) is 18.1 Å². The van der Waals surface area contributed by atoms with E-state index in [4.69, 9.17) is 0 Å². The summed E-state index contributed by atoms with van der Waals surface area (Å²) in [5, 5.41) is 2.73. The molecule has 0 aliphatic heterocycles. The second-order valence-electron chi connectivity index (χ2n) is 5.70. The highest BCUT2D eigenvalue weighted by Gasteiger charge is 2.20. The van der Waals surface area contributed by atoms with Crippen molar-refractivity contribution in [1.29, 1.82) is 0 Å². The van der Waals surface area contributed by atoms with Crippen molar-refractivity contribution in [3.8, 4) is 0 Å². The second kappa shape index (κ2) is 7.49. The second-order valence-corrected chi connectivity index (χ2v) is 7.61. The zero-order valence-corrected chi connectivity index (χ0v) is 14.9. The lowest BCUT2D eigenvalue weighted by atomic mass is 10.1. The monoisotopic (exact) mass is 346 g/mol. The van der Waals surface area contributed by atoms with Crippen molar-refractivity contribution in [3.63, 3.8) is 0 Å². The standard InChI is InChI=1S/C18H22N2O3S/c1-4-15-7-9-16(10-8-15)19-18(21)13-20(24(3,22)23)17-11-5-14(2)6-12-17/h5-12H,4,13H2,1-3H3,(H,19,21). The van der Waals surface area contributed by atoms with Crippen LogP contribution in [0.3, 0.4) is 0 Å². The number of aryl methyl sites for hydroxylation is 2. The summed E-state index contributed by atoms with van der Waals surface area (Å²) >= 11 is 0. The van der Waals surface area contributed by atoms with E-state index in [9.17, 15) is 13.2 Å². The molecule has 24 heavy (non-hydrogen) atoms. The number of nitrogens with zero attached hydrogens (tertiary/aromatic N) is 1. The Balaban J connectivity index is 2.14. The van der Waals surface area contributed by atoms with Crippen LogP contribution >= 0.6 is 0 Å². The number of rotatable bonds is 6. The Kier molecular flexibility index (Phi) is 5.62. The van der Waals surface area contributed by atoms with Crippen LogP contribution in [0.2, 0.25) is 0 Å². The van der Waals surface area contributed by atoms with Gasteiger partial charge >= 0.3 is 0 Å². The number of hydrogen-bond acceptors (Lipinski definition) is 3. The van der Waals surface area contributed by atoms with E-state index in [1.165, 1.54) is 5.56 Å². The van der Waals surface area contributed by atoms with Gasteiger partial charge in [0.05, 0.1) is 11.9 Å². The van der Waals surface area contributed by atoms with Crippen LogP contribution in [0.15, 0.2) is 48.5 Å². The van der Waals surface area contributed by atoms with E-state index < -0.39 is 10.0 Å². The highest BCUT2D eigenvalue weighted by atomic mass is 32.2. The molecule has 2 rings (SSSR count). The summed E-state index contributed by atoms with van der Waals surface area (Å²) in [5.74, 6) is -0.384. The first-order chi connectivity index (χ1) is 11.3. The lowest BCUT2D eigenvalue weighted by Crippen LogP contribution is -2.37. The molecule has 0 saturated heterocycles. The summed E-state index contributed by atoms with van der Waals surface area (Å²) in [7, 11) is -3.56. The highest BCUT2D eigenvalue weighted by molar-refractivity contribution is 7.92. The molecule has 0 bridgehead atoms. The SMILES string of the molecule is CCc1ccc(NC(=O)CN(c2ccc(C)cc2)S(C)(=O)=O)cc1. The number of nitrogens with one attached hydrogen (secondary N) is 1. The number of sulfonamides is 1. The van der Waals surface area contributed by atoms with Crippen LogP contribution in [-0.2, 0) is 21.2 Å². The Morgan fingerprint density at radius 1 is 1.04 bits per heavy atom. The van der Waals surface area contributed by atoms with Gasteiger partial charge in [-0.05, 0) is 43.2 Å². The molecule has 0 atom stereocenters. The van der Waals surface area contributed by atoms with Crippen LogP contribution in [0.5, 0.6) is 0 Å². The molecule has 2 aromatic rings. The molecule has 1 amide bonds. The summed E-state index contributed by atoms with van der Waals surface area (Å²) in [6.45, 7) is 3.71. The third kappa shape index (κ3) is 4.83. The van der Waals surface area contributed by atoms with E-state index in [0.717, 1.165) is 22.5 Å². The minimum Gasteiger partial charge on any atom is -0.325 e. The quantitative estimate of drug-likeness (QED) is 0.874. The van der Waals surface area contributed by atoms with E-state index in [1.54, 1.807) is 12.1 Å². The van der Waals surface area contributed by atoms with Crippen molar-refractivity contribution < 1.29 is 13.2 Å². The number of carbonyl (C=O) groups is 1. The van der Waals surface area contributed by atoms with Gasteiger partial charge < -0.3 is 5.32 Å². The fourth-order valence-corrected chi connectivity index (χ4v) is 3.12. The first kappa shape index (κ1) is 18.0. The average molecular weight is 346 g/mol. The van der Waals surface area contributed by atoms with Crippen molar-refractivity contribution in [2.45, 2.75) is 20.3 Å². The predicted octanol–water partition coefficient (Wildman–Crippen LogP) is 2.96. The number of carbonyl (C=O) groups excluding carboxylic acids is 1. The minimum atomic E-state index is -3.56. The molecule has 1 N–H and O–H groups in total. The van der Waals surface area contributed by atoms with Gasteiger partial charge in [0.25, 0.3) is 0 Å². The molecule has 5 nitrogen and oxygen atoms in total. The van der Waals surface area contributed by atoms with Gasteiger partial charge in [-0.2, -0.15) is 0 Å². The summed E-state index contributed by atoms with van der Waals surface area (Å²) < 4.78 is 25.2. The maximum atomic E-state index is 12.2. The molecule has 0 aromatic heterocycles. The van der Waals surface area contributed by atoms with Gasteiger partial charge in [-0.15, -0.1) is 0 Å². The molecule has 0 heterocycles. The van der Waals surface area contributed by atoms with E-state index in [0.29, 0.717) is 11.4 Å². The van der Waals surface area contributed by atoms with Gasteiger partial charge in [-0.1, -0.05) is 36.8 Å². The molecule has 0 aliphatic rings. The lowest BCUT2D eigenvalue weighted by molar-refractivity contribution is -0.114. The molecule has 0 radical (unpaired) electrons. The van der Waals surface area contributed by atoms with Gasteiger partial charge in [0, 0.05) is 5.69 Å². The topological polar surface area (TPSA) is 66.5 Å². The fraction of sp³-hybridized carbons (Fsp3) is 0.278. The molecule has 0 spiro atoms. The summed E-state index contributed by atoms with van der Waals surface area (Å²) in [5.41, 5.74) is 3.31. The van der Waals surface area contributed by atoms with Gasteiger partial charge in [-0.25, -0.2) is 8.42 Å². The van der Waals surface area contributed by atoms with E-state index in [2.05, 4.69) is 12.2 Å². The molecule has 0 fully saturated rings. The zero-order chi connectivity index (χ0) is 17.7. The highest BCUT2D eigenvalue weighted by Crippen LogP contribution is 2.18. The zero-order valence-electron chi connectivity index (χ0n) is 14.1. The van der Waals surface area contributed by atoms with Crippen LogP contribution in [0.25, 0.3) is 0 Å². The number of benzene rings is 2. The Labute approximate surface area is 143 Å². The number of anilines is 2. The Hall–Kier alpha value is -2.34. The molecule has 2 aromatic carbocycles. The van der Waals surface area contributed by atoms with Gasteiger partial charge in [0.15, 0.2) is 0 Å². The first-order valence-electron chi connectivity index (χ1n) is 7.73. The van der Waals surface area contributed by atoms with Gasteiger partial charge in [-0.3, -0.25) is 9.10 Å². The van der Waals surface area contributed by atoms with Crippen molar-refractivity contribution in [1.82, 2.24) is 0 Å². The summed E-state index contributed by atoms with van der Waals surface area (Å²) in [6, 6.07) is 14.5. The van der Waals surface area contributed by atoms with Crippen LogP contribution in [-0.4, -0.2) is 27.1 Å². The van der Waals surface area contributed by atoms with Crippen molar-refractivity contribution in [3.05, 3.63) is 59.7 Å². The Morgan fingerprint density at radius 2 is 1.62 bits per heavy atom. The summed E-state index contributed by atoms with van der Waals surface area (Å²) in [6.07, 6.45) is 2.01. The van der Waals surface area contributed by atoms with E-state index >= 15 is 0 Å². The van der Waals surface area contributed by atoms with E-state index in [1.807, 2.05) is 43.3 Å². The van der Waals surface area contributed by atoms with Crippen LogP contribution in [0, 0.1) is 6.92 Å². The van der Waals surface area contributed by atoms with Crippen LogP contribution < -0.4 is 9.62 Å². The maximum Gasteiger partial charge on any atom is 0.245 e. The number of amides is 1. The van der Waals surface area contributed by atoms with Gasteiger partial charge in [0.2, 0.25) is 15.9 Å². The largest absolute Gasteiger partial charge is 0.325 e. The molecule has 128 valence electrons. The molecule has 0 unspecified atom stereocenters. The first-order valence-corrected chi connectivity index (χ1v) is 9.57. The number of hydrogen-bond donors (Lipinski definition) is 1.